The highest BCUT2D eigenvalue weighted by Crippen LogP contribution is 2.48. The van der Waals surface area contributed by atoms with Gasteiger partial charge < -0.3 is 13.6 Å². The van der Waals surface area contributed by atoms with Gasteiger partial charge in [-0.15, -0.1) is 0 Å². The normalized spacial score (nSPS) is 12.3. The van der Waals surface area contributed by atoms with E-state index in [4.69, 9.17) is 4.42 Å². The topological polar surface area (TPSA) is 23.0 Å². The largest absolute Gasteiger partial charge is 0.455 e. The van der Waals surface area contributed by atoms with Crippen LogP contribution in [0.2, 0.25) is 0 Å². The fourth-order valence-electron chi connectivity index (χ4n) is 5.93. The van der Waals surface area contributed by atoms with Crippen molar-refractivity contribution in [2.75, 3.05) is 0 Å². The van der Waals surface area contributed by atoms with Gasteiger partial charge in [0.2, 0.25) is 0 Å². The molecule has 0 saturated carbocycles. The van der Waals surface area contributed by atoms with Crippen molar-refractivity contribution >= 4 is 65.6 Å². The minimum atomic E-state index is 0.927. The zero-order valence-corrected chi connectivity index (χ0v) is 18.6. The molecule has 0 spiro atoms. The van der Waals surface area contributed by atoms with Crippen molar-refractivity contribution in [1.82, 2.24) is 9.13 Å². The molecule has 3 heterocycles. The first-order chi connectivity index (χ1) is 16.8. The monoisotopic (exact) mass is 436 g/mol. The third-order valence-corrected chi connectivity index (χ3v) is 7.29. The van der Waals surface area contributed by atoms with Crippen LogP contribution in [0.1, 0.15) is 0 Å². The van der Waals surface area contributed by atoms with Gasteiger partial charge in [-0.1, -0.05) is 72.8 Å². The van der Waals surface area contributed by atoms with Crippen molar-refractivity contribution in [3.05, 3.63) is 103 Å². The van der Waals surface area contributed by atoms with E-state index in [0.717, 1.165) is 22.2 Å². The average Bonchev–Trinajstić information content (AvgIpc) is 3.53. The molecule has 0 fully saturated rings. The molecule has 0 atom stereocenters. The molecule has 8 aromatic rings. The van der Waals surface area contributed by atoms with E-state index in [2.05, 4.69) is 119 Å². The molecule has 0 aliphatic carbocycles. The van der Waals surface area contributed by atoms with E-state index in [-0.39, 0.29) is 0 Å². The Bertz CT molecular complexity index is 2070. The number of benzene rings is 5. The van der Waals surface area contributed by atoms with Gasteiger partial charge >= 0.3 is 0 Å². The third-order valence-electron chi connectivity index (χ3n) is 7.29. The lowest BCUT2D eigenvalue weighted by Crippen LogP contribution is -1.96. The molecule has 3 nitrogen and oxygen atoms in total. The predicted molar refractivity (Wildman–Crippen MR) is 142 cm³/mol. The minimum Gasteiger partial charge on any atom is -0.455 e. The molecule has 0 unspecified atom stereocenters. The lowest BCUT2D eigenvalue weighted by molar-refractivity contribution is 0.673. The number of rotatable bonds is 1. The van der Waals surface area contributed by atoms with Crippen molar-refractivity contribution < 1.29 is 4.42 Å². The number of hydrogen-bond donors (Lipinski definition) is 0. The van der Waals surface area contributed by atoms with Crippen LogP contribution in [0.15, 0.2) is 108 Å². The second-order valence-corrected chi connectivity index (χ2v) is 9.01. The zero-order valence-electron chi connectivity index (χ0n) is 18.6. The molecule has 0 N–H and O–H groups in total. The highest BCUT2D eigenvalue weighted by Gasteiger charge is 2.25. The fourth-order valence-corrected chi connectivity index (χ4v) is 5.93. The van der Waals surface area contributed by atoms with E-state index in [1.807, 2.05) is 0 Å². The van der Waals surface area contributed by atoms with E-state index in [9.17, 15) is 0 Å². The van der Waals surface area contributed by atoms with Crippen molar-refractivity contribution in [1.29, 1.82) is 0 Å². The van der Waals surface area contributed by atoms with Crippen LogP contribution in [0.5, 0.6) is 0 Å². The number of nitrogens with zero attached hydrogens (tertiary/aromatic N) is 2. The van der Waals surface area contributed by atoms with E-state index < -0.39 is 0 Å². The lowest BCUT2D eigenvalue weighted by Gasteiger charge is -2.10. The van der Waals surface area contributed by atoms with E-state index in [0.29, 0.717) is 0 Å². The van der Waals surface area contributed by atoms with Crippen LogP contribution in [-0.4, -0.2) is 9.13 Å². The Morgan fingerprint density at radius 2 is 1.15 bits per heavy atom. The number of hydrogen-bond acceptors (Lipinski definition) is 1. The molecule has 0 amide bonds. The first-order valence-corrected chi connectivity index (χ1v) is 11.6. The maximum absolute atomic E-state index is 6.64. The van der Waals surface area contributed by atoms with Crippen LogP contribution in [0.4, 0.5) is 0 Å². The standard InChI is InChI=1S/C31H20N2O/c1-32-23-16-8-5-13-20(23)28-29(32)30-26(27-22-15-7-10-18-25(22)34-31(27)28)21-14-6-9-17-24(21)33(30)19-11-3-2-4-12-19/h2-18H,1H3. The Kier molecular flexibility index (Phi) is 3.33. The van der Waals surface area contributed by atoms with Crippen LogP contribution in [-0.2, 0) is 7.05 Å². The van der Waals surface area contributed by atoms with Crippen LogP contribution in [0, 0.1) is 0 Å². The number of aryl methyl sites for hydroxylation is 1. The predicted octanol–water partition coefficient (Wildman–Crippen LogP) is 8.33. The first-order valence-electron chi connectivity index (χ1n) is 11.6. The first kappa shape index (κ1) is 18.0. The summed E-state index contributed by atoms with van der Waals surface area (Å²) in [7, 11) is 2.17. The van der Waals surface area contributed by atoms with Gasteiger partial charge in [0.05, 0.1) is 21.9 Å². The second-order valence-electron chi connectivity index (χ2n) is 9.01. The average molecular weight is 437 g/mol. The summed E-state index contributed by atoms with van der Waals surface area (Å²) in [6, 6.07) is 36.5. The third kappa shape index (κ3) is 2.07. The van der Waals surface area contributed by atoms with Gasteiger partial charge in [0.15, 0.2) is 0 Å². The van der Waals surface area contributed by atoms with Gasteiger partial charge in [0.1, 0.15) is 11.2 Å². The van der Waals surface area contributed by atoms with Crippen molar-refractivity contribution in [2.24, 2.45) is 7.05 Å². The molecular weight excluding hydrogens is 416 g/mol. The van der Waals surface area contributed by atoms with E-state index in [1.54, 1.807) is 0 Å². The van der Waals surface area contributed by atoms with Gasteiger partial charge in [-0.05, 0) is 30.3 Å². The maximum atomic E-state index is 6.64. The van der Waals surface area contributed by atoms with E-state index in [1.165, 1.54) is 49.0 Å². The van der Waals surface area contributed by atoms with Crippen LogP contribution < -0.4 is 0 Å². The molecule has 34 heavy (non-hydrogen) atoms. The van der Waals surface area contributed by atoms with Crippen molar-refractivity contribution in [3.63, 3.8) is 0 Å². The van der Waals surface area contributed by atoms with Gasteiger partial charge in [-0.25, -0.2) is 0 Å². The molecular formula is C31H20N2O. The molecule has 160 valence electrons. The Morgan fingerprint density at radius 1 is 0.529 bits per heavy atom. The summed E-state index contributed by atoms with van der Waals surface area (Å²) in [5, 5.41) is 7.24. The Morgan fingerprint density at radius 3 is 1.94 bits per heavy atom. The summed E-state index contributed by atoms with van der Waals surface area (Å²) in [5.41, 5.74) is 7.88. The van der Waals surface area contributed by atoms with Gasteiger partial charge in [-0.2, -0.15) is 0 Å². The zero-order chi connectivity index (χ0) is 22.4. The smallest absolute Gasteiger partial charge is 0.146 e. The Balaban J connectivity index is 1.83. The summed E-state index contributed by atoms with van der Waals surface area (Å²) in [4.78, 5) is 0. The van der Waals surface area contributed by atoms with Crippen LogP contribution in [0.25, 0.3) is 71.2 Å². The SMILES string of the molecule is Cn1c2ccccc2c2c3oc4ccccc4c3c3c4ccccc4n(-c4ccccc4)c3c21. The number of furan rings is 1. The molecule has 0 bridgehead atoms. The minimum absolute atomic E-state index is 0.927. The molecule has 0 radical (unpaired) electrons. The quantitative estimate of drug-likeness (QED) is 0.254. The van der Waals surface area contributed by atoms with Gasteiger partial charge in [0.25, 0.3) is 0 Å². The second kappa shape index (κ2) is 6.30. The highest BCUT2D eigenvalue weighted by atomic mass is 16.3. The summed E-state index contributed by atoms with van der Waals surface area (Å²) in [5.74, 6) is 0. The molecule has 0 aliphatic heterocycles. The van der Waals surface area contributed by atoms with Gasteiger partial charge in [-0.3, -0.25) is 0 Å². The molecule has 3 heteroatoms. The summed E-state index contributed by atoms with van der Waals surface area (Å²) in [6.07, 6.45) is 0. The molecule has 3 aromatic heterocycles. The van der Waals surface area contributed by atoms with E-state index >= 15 is 0 Å². The van der Waals surface area contributed by atoms with Crippen LogP contribution >= 0.6 is 0 Å². The number of aromatic nitrogens is 2. The molecule has 0 saturated heterocycles. The fraction of sp³-hybridized carbons (Fsp3) is 0.0323. The van der Waals surface area contributed by atoms with Crippen molar-refractivity contribution in [3.8, 4) is 5.69 Å². The molecule has 5 aromatic carbocycles. The Hall–Kier alpha value is -4.50. The highest BCUT2D eigenvalue weighted by molar-refractivity contribution is 6.39. The molecule has 0 aliphatic rings. The maximum Gasteiger partial charge on any atom is 0.146 e. The van der Waals surface area contributed by atoms with Crippen LogP contribution in [0.3, 0.4) is 0 Å². The summed E-state index contributed by atoms with van der Waals surface area (Å²) >= 11 is 0. The number of para-hydroxylation sites is 4. The van der Waals surface area contributed by atoms with Crippen molar-refractivity contribution in [2.45, 2.75) is 0 Å². The summed E-state index contributed by atoms with van der Waals surface area (Å²) < 4.78 is 11.4. The lowest BCUT2D eigenvalue weighted by atomic mass is 10.0. The molecule has 8 rings (SSSR count). The Labute approximate surface area is 195 Å². The van der Waals surface area contributed by atoms with Gasteiger partial charge in [0, 0.05) is 45.2 Å². The summed E-state index contributed by atoms with van der Waals surface area (Å²) in [6.45, 7) is 0. The number of fused-ring (bicyclic) bond motifs is 12.